The molecule has 7 nitrogen and oxygen atoms in total. The summed E-state index contributed by atoms with van der Waals surface area (Å²) in [6, 6.07) is 3.51. The predicted molar refractivity (Wildman–Crippen MR) is 115 cm³/mol. The maximum atomic E-state index is 12.7. The van der Waals surface area contributed by atoms with Crippen molar-refractivity contribution >= 4 is 17.9 Å². The van der Waals surface area contributed by atoms with E-state index in [9.17, 15) is 19.8 Å². The van der Waals surface area contributed by atoms with E-state index in [0.717, 1.165) is 29.6 Å². The highest BCUT2D eigenvalue weighted by molar-refractivity contribution is 6.05. The molecule has 0 unspecified atom stereocenters. The Kier molecular flexibility index (Phi) is 7.51. The van der Waals surface area contributed by atoms with E-state index in [4.69, 9.17) is 9.52 Å². The number of fused-ring (bicyclic) bond motifs is 1. The molecule has 7 heteroatoms. The van der Waals surface area contributed by atoms with Crippen molar-refractivity contribution in [2.75, 3.05) is 13.7 Å². The lowest BCUT2D eigenvalue weighted by atomic mass is 9.67. The average molecular weight is 432 g/mol. The molecule has 3 N–H and O–H groups in total. The fraction of sp³-hybridized carbons (Fsp3) is 0.583. The zero-order chi connectivity index (χ0) is 22.7. The Morgan fingerprint density at radius 1 is 1.29 bits per heavy atom. The minimum Gasteiger partial charge on any atom is -0.459 e. The zero-order valence-corrected chi connectivity index (χ0v) is 18.5. The van der Waals surface area contributed by atoms with Crippen LogP contribution in [0.25, 0.3) is 6.08 Å². The molecule has 2 aliphatic rings. The van der Waals surface area contributed by atoms with Gasteiger partial charge in [-0.15, -0.1) is 0 Å². The molecule has 31 heavy (non-hydrogen) atoms. The average Bonchev–Trinajstić information content (AvgIpc) is 3.30. The van der Waals surface area contributed by atoms with Crippen LogP contribution in [0.5, 0.6) is 0 Å². The Labute approximate surface area is 183 Å². The van der Waals surface area contributed by atoms with Crippen LogP contribution in [-0.2, 0) is 16.2 Å². The first-order chi connectivity index (χ1) is 14.8. The van der Waals surface area contributed by atoms with Gasteiger partial charge in [-0.25, -0.2) is 0 Å². The van der Waals surface area contributed by atoms with Crippen molar-refractivity contribution in [3.05, 3.63) is 40.4 Å². The number of likely N-dealkylation sites (tertiary alicyclic amines) is 1. The molecule has 1 aliphatic heterocycles. The molecule has 1 aromatic heterocycles. The van der Waals surface area contributed by atoms with E-state index in [-0.39, 0.29) is 25.0 Å². The number of aliphatic hydroxyl groups excluding tert-OH is 3. The normalized spacial score (nSPS) is 25.4. The van der Waals surface area contributed by atoms with Gasteiger partial charge in [0.2, 0.25) is 11.8 Å². The first kappa shape index (κ1) is 23.4. The summed E-state index contributed by atoms with van der Waals surface area (Å²) in [7, 11) is 1.50. The summed E-state index contributed by atoms with van der Waals surface area (Å²) >= 11 is 0. The minimum absolute atomic E-state index is 0.152. The van der Waals surface area contributed by atoms with E-state index in [2.05, 4.69) is 0 Å². The number of amides is 2. The summed E-state index contributed by atoms with van der Waals surface area (Å²) in [4.78, 5) is 26.4. The lowest BCUT2D eigenvalue weighted by Crippen LogP contribution is -2.39. The van der Waals surface area contributed by atoms with Gasteiger partial charge >= 0.3 is 0 Å². The number of imide groups is 1. The van der Waals surface area contributed by atoms with Gasteiger partial charge in [0, 0.05) is 13.0 Å². The number of nitrogens with zero attached hydrogens (tertiary/aromatic N) is 1. The molecule has 1 fully saturated rings. The molecule has 1 aliphatic carbocycles. The predicted octanol–water partition coefficient (Wildman–Crippen LogP) is 2.66. The number of carbonyl (C=O) groups excluding carboxylic acids is 2. The van der Waals surface area contributed by atoms with Gasteiger partial charge < -0.3 is 19.7 Å². The van der Waals surface area contributed by atoms with Gasteiger partial charge in [-0.05, 0) is 56.4 Å². The molecule has 1 saturated heterocycles. The van der Waals surface area contributed by atoms with Gasteiger partial charge in [0.05, 0.1) is 24.5 Å². The Bertz CT molecular complexity index is 882. The molecule has 0 aromatic carbocycles. The van der Waals surface area contributed by atoms with Crippen molar-refractivity contribution in [1.29, 1.82) is 0 Å². The minimum atomic E-state index is -0.790. The molecule has 3 rings (SSSR count). The highest BCUT2D eigenvalue weighted by Crippen LogP contribution is 2.46. The second kappa shape index (κ2) is 9.94. The van der Waals surface area contributed by atoms with Gasteiger partial charge in [0.25, 0.3) is 0 Å². The maximum Gasteiger partial charge on any atom is 0.233 e. The number of furan rings is 1. The summed E-state index contributed by atoms with van der Waals surface area (Å²) in [6.07, 6.45) is 4.22. The molecule has 2 amide bonds. The van der Waals surface area contributed by atoms with Crippen LogP contribution in [0.1, 0.15) is 57.5 Å². The Morgan fingerprint density at radius 3 is 2.65 bits per heavy atom. The molecule has 0 spiro atoms. The highest BCUT2D eigenvalue weighted by atomic mass is 16.4. The van der Waals surface area contributed by atoms with Crippen molar-refractivity contribution in [1.82, 2.24) is 4.90 Å². The molecule has 170 valence electrons. The largest absolute Gasteiger partial charge is 0.459 e. The third-order valence-corrected chi connectivity index (χ3v) is 6.55. The lowest BCUT2D eigenvalue weighted by Gasteiger charge is -2.36. The number of allylic oxidation sites excluding steroid dienone is 2. The molecular formula is C24H33NO6. The quantitative estimate of drug-likeness (QED) is 0.409. The monoisotopic (exact) mass is 431 g/mol. The lowest BCUT2D eigenvalue weighted by molar-refractivity contribution is -0.138. The summed E-state index contributed by atoms with van der Waals surface area (Å²) in [5, 5.41) is 30.4. The van der Waals surface area contributed by atoms with E-state index in [1.54, 1.807) is 12.1 Å². The van der Waals surface area contributed by atoms with E-state index >= 15 is 0 Å². The van der Waals surface area contributed by atoms with E-state index in [1.165, 1.54) is 11.9 Å². The first-order valence-corrected chi connectivity index (χ1v) is 11.0. The Balaban J connectivity index is 1.80. The second-order valence-electron chi connectivity index (χ2n) is 8.68. The number of hydrogen-bond acceptors (Lipinski definition) is 6. The Hall–Kier alpha value is -2.22. The summed E-state index contributed by atoms with van der Waals surface area (Å²) in [5.41, 5.74) is 2.76. The fourth-order valence-electron chi connectivity index (χ4n) is 5.05. The standard InChI is InChI=1S/C24H33NO6/c1-4-5-15-11-18-22(24(30)25(3)23(18)29)19(13-27)21(15)20(28)9-6-14(2)10-16-7-8-17(12-26)31-16/h7-8,10,18-20,22,26-28H,4-6,9,11-13H2,1-3H3/b14-10+/t18-,19+,20-,22-/m1/s1. The topological polar surface area (TPSA) is 111 Å². The van der Waals surface area contributed by atoms with Gasteiger partial charge in [-0.3, -0.25) is 14.5 Å². The molecule has 2 heterocycles. The molecule has 0 bridgehead atoms. The number of hydrogen-bond donors (Lipinski definition) is 3. The van der Waals surface area contributed by atoms with Crippen LogP contribution in [0.4, 0.5) is 0 Å². The SMILES string of the molecule is CCCC1=C([C@H](O)CC/C(C)=C/c2ccc(CO)o2)[C@H](CO)[C@@H]2C(=O)N(C)C(=O)[C@@H]2C1. The van der Waals surface area contributed by atoms with Crippen LogP contribution in [0.2, 0.25) is 0 Å². The maximum absolute atomic E-state index is 12.7. The van der Waals surface area contributed by atoms with Crippen LogP contribution in [-0.4, -0.2) is 51.8 Å². The van der Waals surface area contributed by atoms with Crippen molar-refractivity contribution in [2.45, 2.75) is 58.7 Å². The van der Waals surface area contributed by atoms with Crippen LogP contribution in [0.3, 0.4) is 0 Å². The summed E-state index contributed by atoms with van der Waals surface area (Å²) < 4.78 is 5.48. The van der Waals surface area contributed by atoms with Gasteiger partial charge in [-0.1, -0.05) is 24.5 Å². The highest BCUT2D eigenvalue weighted by Gasteiger charge is 2.53. The van der Waals surface area contributed by atoms with Crippen molar-refractivity contribution in [3.8, 4) is 0 Å². The summed E-state index contributed by atoms with van der Waals surface area (Å²) in [5.74, 6) is -0.862. The van der Waals surface area contributed by atoms with Crippen LogP contribution >= 0.6 is 0 Å². The third kappa shape index (κ3) is 4.68. The van der Waals surface area contributed by atoms with E-state index in [1.807, 2.05) is 19.9 Å². The van der Waals surface area contributed by atoms with Crippen molar-refractivity contribution < 1.29 is 29.3 Å². The van der Waals surface area contributed by atoms with E-state index in [0.29, 0.717) is 30.8 Å². The van der Waals surface area contributed by atoms with Crippen molar-refractivity contribution in [2.24, 2.45) is 17.8 Å². The van der Waals surface area contributed by atoms with E-state index < -0.39 is 23.9 Å². The second-order valence-corrected chi connectivity index (χ2v) is 8.68. The zero-order valence-electron chi connectivity index (χ0n) is 18.5. The molecular weight excluding hydrogens is 398 g/mol. The Morgan fingerprint density at radius 2 is 2.03 bits per heavy atom. The number of rotatable bonds is 9. The molecule has 4 atom stereocenters. The van der Waals surface area contributed by atoms with Crippen molar-refractivity contribution in [3.63, 3.8) is 0 Å². The van der Waals surface area contributed by atoms with Gasteiger partial charge in [0.15, 0.2) is 0 Å². The van der Waals surface area contributed by atoms with Crippen LogP contribution in [0, 0.1) is 17.8 Å². The number of aliphatic hydroxyl groups is 3. The fourth-order valence-corrected chi connectivity index (χ4v) is 5.05. The first-order valence-electron chi connectivity index (χ1n) is 11.0. The smallest absolute Gasteiger partial charge is 0.233 e. The molecule has 0 radical (unpaired) electrons. The van der Waals surface area contributed by atoms with Gasteiger partial charge in [-0.2, -0.15) is 0 Å². The van der Waals surface area contributed by atoms with Crippen LogP contribution in [0.15, 0.2) is 33.3 Å². The van der Waals surface area contributed by atoms with Crippen LogP contribution < -0.4 is 0 Å². The summed E-state index contributed by atoms with van der Waals surface area (Å²) in [6.45, 7) is 3.57. The molecule has 0 saturated carbocycles. The third-order valence-electron chi connectivity index (χ3n) is 6.55. The number of carbonyl (C=O) groups is 2. The molecule has 1 aromatic rings. The van der Waals surface area contributed by atoms with Gasteiger partial charge in [0.1, 0.15) is 18.1 Å².